The Kier molecular flexibility index (Phi) is 3.69. The van der Waals surface area contributed by atoms with Gasteiger partial charge < -0.3 is 4.74 Å². The number of nitrogens with one attached hydrogen (secondary N) is 1. The third kappa shape index (κ3) is 3.02. The van der Waals surface area contributed by atoms with Gasteiger partial charge in [0.05, 0.1) is 6.61 Å². The summed E-state index contributed by atoms with van der Waals surface area (Å²) in [5, 5.41) is 6.17. The summed E-state index contributed by atoms with van der Waals surface area (Å²) in [7, 11) is 0. The van der Waals surface area contributed by atoms with Gasteiger partial charge in [0.2, 0.25) is 5.50 Å². The molecule has 0 saturated heterocycles. The summed E-state index contributed by atoms with van der Waals surface area (Å²) in [6, 6.07) is 0. The van der Waals surface area contributed by atoms with E-state index in [0.717, 1.165) is 0 Å². The van der Waals surface area contributed by atoms with Crippen molar-refractivity contribution in [3.05, 3.63) is 6.33 Å². The molecule has 0 amide bonds. The average molecular weight is 205 g/mol. The number of esters is 1. The molecule has 0 spiro atoms. The second kappa shape index (κ2) is 4.80. The summed E-state index contributed by atoms with van der Waals surface area (Å²) in [6.45, 7) is 1.78. The van der Waals surface area contributed by atoms with E-state index in [0.29, 0.717) is 11.8 Å². The Hall–Kier alpha value is -1.11. The quantitative estimate of drug-likeness (QED) is 0.580. The molecule has 0 fully saturated rings. The zero-order valence-corrected chi connectivity index (χ0v) is 7.68. The molecule has 1 N–H and O–H groups in total. The van der Waals surface area contributed by atoms with E-state index in [2.05, 4.69) is 19.9 Å². The van der Waals surface area contributed by atoms with Crippen molar-refractivity contribution in [1.82, 2.24) is 15.2 Å². The minimum Gasteiger partial charge on any atom is -0.463 e. The number of alkyl halides is 1. The first-order chi connectivity index (χ1) is 6.24. The Morgan fingerprint density at radius 2 is 2.69 bits per heavy atom. The van der Waals surface area contributed by atoms with Crippen molar-refractivity contribution in [3.8, 4) is 0 Å². The lowest BCUT2D eigenvalue weighted by Gasteiger charge is -2.03. The molecule has 13 heavy (non-hydrogen) atoms. The van der Waals surface area contributed by atoms with Gasteiger partial charge in [0.15, 0.2) is 5.16 Å². The van der Waals surface area contributed by atoms with Gasteiger partial charge in [-0.1, -0.05) is 0 Å². The molecule has 1 atom stereocenters. The van der Waals surface area contributed by atoms with Gasteiger partial charge in [-0.25, -0.2) is 14.2 Å². The molecule has 1 unspecified atom stereocenters. The first kappa shape index (κ1) is 9.97. The molecule has 72 valence electrons. The first-order valence-corrected chi connectivity index (χ1v) is 4.44. The molecule has 1 heterocycles. The van der Waals surface area contributed by atoms with Gasteiger partial charge in [0, 0.05) is 0 Å². The number of hydrogen-bond donors (Lipinski definition) is 1. The highest BCUT2D eigenvalue weighted by Gasteiger charge is 2.20. The molecule has 0 aromatic carbocycles. The van der Waals surface area contributed by atoms with E-state index < -0.39 is 11.5 Å². The molecular formula is C6H8FN3O2S. The number of aromatic amines is 1. The van der Waals surface area contributed by atoms with Crippen molar-refractivity contribution in [2.24, 2.45) is 0 Å². The van der Waals surface area contributed by atoms with Crippen molar-refractivity contribution in [3.63, 3.8) is 0 Å². The minimum absolute atomic E-state index is 0.163. The fourth-order valence-electron chi connectivity index (χ4n) is 0.605. The highest BCUT2D eigenvalue weighted by Crippen LogP contribution is 2.20. The highest BCUT2D eigenvalue weighted by molar-refractivity contribution is 8.00. The van der Waals surface area contributed by atoms with Crippen LogP contribution in [-0.4, -0.2) is 33.3 Å². The number of carbonyl (C=O) groups is 1. The third-order valence-electron chi connectivity index (χ3n) is 1.08. The molecule has 0 saturated carbocycles. The smallest absolute Gasteiger partial charge is 0.351 e. The molecule has 0 aliphatic rings. The van der Waals surface area contributed by atoms with Gasteiger partial charge in [0.25, 0.3) is 0 Å². The number of carbonyl (C=O) groups excluding carboxylic acids is 1. The van der Waals surface area contributed by atoms with E-state index >= 15 is 0 Å². The molecule has 7 heteroatoms. The summed E-state index contributed by atoms with van der Waals surface area (Å²) in [6.07, 6.45) is 1.24. The van der Waals surface area contributed by atoms with E-state index in [-0.39, 0.29) is 11.8 Å². The monoisotopic (exact) mass is 205 g/mol. The Morgan fingerprint density at radius 3 is 3.23 bits per heavy atom. The second-order valence-corrected chi connectivity index (χ2v) is 3.01. The van der Waals surface area contributed by atoms with Crippen LogP contribution < -0.4 is 0 Å². The van der Waals surface area contributed by atoms with Crippen LogP contribution in [-0.2, 0) is 9.53 Å². The van der Waals surface area contributed by atoms with Crippen LogP contribution >= 0.6 is 11.8 Å². The molecule has 1 aromatic heterocycles. The van der Waals surface area contributed by atoms with Crippen molar-refractivity contribution in [2.75, 3.05) is 6.61 Å². The number of halogens is 1. The third-order valence-corrected chi connectivity index (χ3v) is 1.90. The van der Waals surface area contributed by atoms with Gasteiger partial charge in [0.1, 0.15) is 6.33 Å². The molecule has 0 aliphatic heterocycles. The number of aromatic nitrogens is 3. The maximum atomic E-state index is 12.9. The summed E-state index contributed by atoms with van der Waals surface area (Å²) in [5.74, 6) is -0.899. The van der Waals surface area contributed by atoms with Crippen LogP contribution in [0.5, 0.6) is 0 Å². The summed E-state index contributed by atoms with van der Waals surface area (Å²) in [4.78, 5) is 14.4. The maximum Gasteiger partial charge on any atom is 0.351 e. The number of hydrogen-bond acceptors (Lipinski definition) is 5. The standard InChI is InChI=1S/C6H8FN3O2S/c1-2-12-5(11)4(7)13-6-8-3-9-10-6/h3-4H,2H2,1H3,(H,8,9,10). The van der Waals surface area contributed by atoms with Crippen LogP contribution in [0.3, 0.4) is 0 Å². The summed E-state index contributed by atoms with van der Waals surface area (Å²) >= 11 is 0.628. The number of rotatable bonds is 4. The van der Waals surface area contributed by atoms with E-state index in [4.69, 9.17) is 0 Å². The Morgan fingerprint density at radius 1 is 1.92 bits per heavy atom. The fourth-order valence-corrected chi connectivity index (χ4v) is 1.18. The molecular weight excluding hydrogens is 197 g/mol. The summed E-state index contributed by atoms with van der Waals surface area (Å²) < 4.78 is 17.4. The molecule has 0 aliphatic carbocycles. The van der Waals surface area contributed by atoms with Gasteiger partial charge in [-0.15, -0.1) is 0 Å². The van der Waals surface area contributed by atoms with Crippen molar-refractivity contribution in [1.29, 1.82) is 0 Å². The van der Waals surface area contributed by atoms with Gasteiger partial charge in [-0.2, -0.15) is 5.10 Å². The predicted octanol–water partition coefficient (Wildman–Crippen LogP) is 0.755. The second-order valence-electron chi connectivity index (χ2n) is 1.98. The number of ether oxygens (including phenoxy) is 1. The topological polar surface area (TPSA) is 67.9 Å². The Bertz CT molecular complexity index is 267. The maximum absolute atomic E-state index is 12.9. The van der Waals surface area contributed by atoms with E-state index in [1.807, 2.05) is 0 Å². The lowest BCUT2D eigenvalue weighted by molar-refractivity contribution is -0.145. The largest absolute Gasteiger partial charge is 0.463 e. The van der Waals surface area contributed by atoms with Crippen LogP contribution in [0.1, 0.15) is 6.92 Å². The predicted molar refractivity (Wildman–Crippen MR) is 43.8 cm³/mol. The van der Waals surface area contributed by atoms with Gasteiger partial charge in [-0.3, -0.25) is 5.10 Å². The fraction of sp³-hybridized carbons (Fsp3) is 0.500. The van der Waals surface area contributed by atoms with Crippen molar-refractivity contribution in [2.45, 2.75) is 17.6 Å². The Balaban J connectivity index is 2.41. The van der Waals surface area contributed by atoms with Crippen molar-refractivity contribution >= 4 is 17.7 Å². The van der Waals surface area contributed by atoms with Gasteiger partial charge >= 0.3 is 5.97 Å². The molecule has 5 nitrogen and oxygen atoms in total. The van der Waals surface area contributed by atoms with Crippen LogP contribution in [0.25, 0.3) is 0 Å². The van der Waals surface area contributed by atoms with E-state index in [1.54, 1.807) is 6.92 Å². The van der Waals surface area contributed by atoms with E-state index in [1.165, 1.54) is 6.33 Å². The van der Waals surface area contributed by atoms with E-state index in [9.17, 15) is 9.18 Å². The molecule has 1 rings (SSSR count). The van der Waals surface area contributed by atoms with Crippen molar-refractivity contribution < 1.29 is 13.9 Å². The SMILES string of the molecule is CCOC(=O)C(F)Sc1ncn[nH]1. The lowest BCUT2D eigenvalue weighted by atomic mass is 10.7. The zero-order valence-electron chi connectivity index (χ0n) is 6.86. The number of nitrogens with zero attached hydrogens (tertiary/aromatic N) is 2. The number of thioether (sulfide) groups is 1. The first-order valence-electron chi connectivity index (χ1n) is 3.56. The van der Waals surface area contributed by atoms with Crippen LogP contribution in [0.4, 0.5) is 4.39 Å². The summed E-state index contributed by atoms with van der Waals surface area (Å²) in [5.41, 5.74) is -1.76. The lowest BCUT2D eigenvalue weighted by Crippen LogP contribution is -2.15. The molecule has 0 bridgehead atoms. The molecule has 0 radical (unpaired) electrons. The normalized spacial score (nSPS) is 12.5. The van der Waals surface area contributed by atoms with Crippen LogP contribution in [0.15, 0.2) is 11.5 Å². The van der Waals surface area contributed by atoms with Crippen LogP contribution in [0.2, 0.25) is 0 Å². The van der Waals surface area contributed by atoms with Crippen LogP contribution in [0, 0.1) is 0 Å². The minimum atomic E-state index is -1.76. The molecule has 1 aromatic rings. The average Bonchev–Trinajstić information content (AvgIpc) is 2.57. The van der Waals surface area contributed by atoms with Gasteiger partial charge in [-0.05, 0) is 18.7 Å². The highest BCUT2D eigenvalue weighted by atomic mass is 32.2. The number of H-pyrrole nitrogens is 1. The zero-order chi connectivity index (χ0) is 9.68. The Labute approximate surface area is 78.1 Å².